The fourth-order valence-corrected chi connectivity index (χ4v) is 4.19. The van der Waals surface area contributed by atoms with Gasteiger partial charge in [0.05, 0.1) is 6.61 Å². The number of nitrogens with zero attached hydrogens (tertiary/aromatic N) is 1. The minimum atomic E-state index is -1.37. The SMILES string of the molecule is CCOC(=O)C(CCN(C=O)C(c1ccccc1)(c1ccccc1)c1ccccc1)C(=O)O. The zero-order chi connectivity index (χ0) is 23.7. The molecular formula is C27H27NO5. The van der Waals surface area contributed by atoms with E-state index in [9.17, 15) is 19.5 Å². The number of carboxylic acid groups (broad SMARTS) is 1. The third-order valence-electron chi connectivity index (χ3n) is 5.66. The Labute approximate surface area is 193 Å². The average Bonchev–Trinajstić information content (AvgIpc) is 2.85. The first-order valence-electron chi connectivity index (χ1n) is 10.8. The van der Waals surface area contributed by atoms with Crippen LogP contribution in [0, 0.1) is 5.92 Å². The van der Waals surface area contributed by atoms with Gasteiger partial charge in [-0.2, -0.15) is 0 Å². The van der Waals surface area contributed by atoms with Gasteiger partial charge in [-0.05, 0) is 30.0 Å². The summed E-state index contributed by atoms with van der Waals surface area (Å²) >= 11 is 0. The number of amides is 1. The molecule has 3 aromatic rings. The monoisotopic (exact) mass is 445 g/mol. The Morgan fingerprint density at radius 2 is 1.30 bits per heavy atom. The number of ether oxygens (including phenoxy) is 1. The van der Waals surface area contributed by atoms with E-state index in [-0.39, 0.29) is 19.6 Å². The molecule has 1 N–H and O–H groups in total. The predicted molar refractivity (Wildman–Crippen MR) is 124 cm³/mol. The van der Waals surface area contributed by atoms with Crippen molar-refractivity contribution in [2.75, 3.05) is 13.2 Å². The molecule has 1 unspecified atom stereocenters. The molecule has 6 heteroatoms. The van der Waals surface area contributed by atoms with Gasteiger partial charge in [0.15, 0.2) is 5.92 Å². The standard InChI is InChI=1S/C27H27NO5/c1-2-33-26(32)24(25(30)31)18-19-28(20-29)27(21-12-6-3-7-13-21,22-14-8-4-9-15-22)23-16-10-5-11-17-23/h3-17,20,24H,2,18-19H2,1H3,(H,30,31). The van der Waals surface area contributed by atoms with Crippen molar-refractivity contribution in [2.45, 2.75) is 18.9 Å². The molecule has 1 atom stereocenters. The van der Waals surface area contributed by atoms with Gasteiger partial charge in [0.2, 0.25) is 6.41 Å². The molecular weight excluding hydrogens is 418 g/mol. The van der Waals surface area contributed by atoms with E-state index in [1.54, 1.807) is 11.8 Å². The van der Waals surface area contributed by atoms with Gasteiger partial charge in [0.1, 0.15) is 5.54 Å². The molecule has 0 aromatic heterocycles. The third kappa shape index (κ3) is 4.95. The van der Waals surface area contributed by atoms with Gasteiger partial charge in [-0.25, -0.2) is 0 Å². The van der Waals surface area contributed by atoms with Crippen molar-refractivity contribution in [3.63, 3.8) is 0 Å². The number of carbonyl (C=O) groups is 3. The first-order chi connectivity index (χ1) is 16.1. The fraction of sp³-hybridized carbons (Fsp3) is 0.222. The van der Waals surface area contributed by atoms with Gasteiger partial charge in [-0.1, -0.05) is 91.0 Å². The van der Waals surface area contributed by atoms with Crippen LogP contribution >= 0.6 is 0 Å². The lowest BCUT2D eigenvalue weighted by Gasteiger charge is -2.44. The number of carbonyl (C=O) groups excluding carboxylic acids is 2. The highest BCUT2D eigenvalue weighted by Gasteiger charge is 2.42. The predicted octanol–water partition coefficient (Wildman–Crippen LogP) is 4.09. The van der Waals surface area contributed by atoms with Crippen LogP contribution in [-0.4, -0.2) is 41.5 Å². The Bertz CT molecular complexity index is 957. The van der Waals surface area contributed by atoms with Crippen LogP contribution in [0.15, 0.2) is 91.0 Å². The zero-order valence-electron chi connectivity index (χ0n) is 18.5. The molecule has 0 saturated heterocycles. The van der Waals surface area contributed by atoms with Crippen molar-refractivity contribution in [2.24, 2.45) is 5.92 Å². The first kappa shape index (κ1) is 23.7. The molecule has 0 saturated carbocycles. The summed E-state index contributed by atoms with van der Waals surface area (Å²) in [5.74, 6) is -3.45. The van der Waals surface area contributed by atoms with Crippen LogP contribution in [0.25, 0.3) is 0 Å². The molecule has 6 nitrogen and oxygen atoms in total. The average molecular weight is 446 g/mol. The van der Waals surface area contributed by atoms with E-state index in [1.165, 1.54) is 0 Å². The van der Waals surface area contributed by atoms with Crippen molar-refractivity contribution in [1.29, 1.82) is 0 Å². The summed E-state index contributed by atoms with van der Waals surface area (Å²) in [6.45, 7) is 1.74. The highest BCUT2D eigenvalue weighted by molar-refractivity contribution is 5.93. The number of hydrogen-bond donors (Lipinski definition) is 1. The highest BCUT2D eigenvalue weighted by atomic mass is 16.5. The van der Waals surface area contributed by atoms with Crippen LogP contribution in [0.4, 0.5) is 0 Å². The fourth-order valence-electron chi connectivity index (χ4n) is 4.19. The minimum Gasteiger partial charge on any atom is -0.481 e. The van der Waals surface area contributed by atoms with Crippen LogP contribution in [0.1, 0.15) is 30.0 Å². The summed E-state index contributed by atoms with van der Waals surface area (Å²) in [6, 6.07) is 28.7. The van der Waals surface area contributed by atoms with E-state index in [2.05, 4.69) is 0 Å². The molecule has 3 aromatic carbocycles. The lowest BCUT2D eigenvalue weighted by atomic mass is 9.75. The second-order valence-electron chi connectivity index (χ2n) is 7.54. The third-order valence-corrected chi connectivity index (χ3v) is 5.66. The summed E-state index contributed by atoms with van der Waals surface area (Å²) in [7, 11) is 0. The Hall–Kier alpha value is -3.93. The van der Waals surface area contributed by atoms with Crippen molar-refractivity contribution in [1.82, 2.24) is 4.90 Å². The van der Waals surface area contributed by atoms with E-state index >= 15 is 0 Å². The second-order valence-corrected chi connectivity index (χ2v) is 7.54. The summed E-state index contributed by atoms with van der Waals surface area (Å²) in [4.78, 5) is 38.2. The molecule has 0 radical (unpaired) electrons. The second kappa shape index (κ2) is 11.1. The highest BCUT2D eigenvalue weighted by Crippen LogP contribution is 2.42. The molecule has 0 bridgehead atoms. The topological polar surface area (TPSA) is 83.9 Å². The molecule has 0 fully saturated rings. The Kier molecular flexibility index (Phi) is 7.97. The quantitative estimate of drug-likeness (QED) is 0.208. The van der Waals surface area contributed by atoms with Crippen LogP contribution < -0.4 is 0 Å². The number of esters is 1. The van der Waals surface area contributed by atoms with Crippen molar-refractivity contribution in [3.8, 4) is 0 Å². The maximum atomic E-state index is 12.6. The molecule has 3 rings (SSSR count). The Balaban J connectivity index is 2.16. The van der Waals surface area contributed by atoms with E-state index in [4.69, 9.17) is 4.74 Å². The number of rotatable bonds is 11. The summed E-state index contributed by atoms with van der Waals surface area (Å²) in [6.07, 6.45) is 0.637. The lowest BCUT2D eigenvalue weighted by molar-refractivity contribution is -0.159. The van der Waals surface area contributed by atoms with Gasteiger partial charge in [0, 0.05) is 6.54 Å². The van der Waals surface area contributed by atoms with Crippen molar-refractivity contribution in [3.05, 3.63) is 108 Å². The van der Waals surface area contributed by atoms with Crippen LogP contribution in [0.5, 0.6) is 0 Å². The number of carboxylic acids is 1. The summed E-state index contributed by atoms with van der Waals surface area (Å²) < 4.78 is 4.94. The van der Waals surface area contributed by atoms with E-state index < -0.39 is 23.4 Å². The zero-order valence-corrected chi connectivity index (χ0v) is 18.5. The van der Waals surface area contributed by atoms with E-state index in [1.807, 2.05) is 91.0 Å². The van der Waals surface area contributed by atoms with E-state index in [0.29, 0.717) is 0 Å². The molecule has 0 aliphatic carbocycles. The number of benzene rings is 3. The van der Waals surface area contributed by atoms with Gasteiger partial charge in [0.25, 0.3) is 0 Å². The van der Waals surface area contributed by atoms with Crippen molar-refractivity contribution < 1.29 is 24.2 Å². The Morgan fingerprint density at radius 3 is 1.64 bits per heavy atom. The smallest absolute Gasteiger partial charge is 0.320 e. The van der Waals surface area contributed by atoms with Gasteiger partial charge >= 0.3 is 11.9 Å². The number of hydrogen-bond acceptors (Lipinski definition) is 4. The Morgan fingerprint density at radius 1 is 0.879 bits per heavy atom. The molecule has 0 spiro atoms. The summed E-state index contributed by atoms with van der Waals surface area (Å²) in [5.41, 5.74) is 1.51. The molecule has 0 aliphatic rings. The van der Waals surface area contributed by atoms with Gasteiger partial charge < -0.3 is 14.7 Å². The molecule has 0 heterocycles. The first-order valence-corrected chi connectivity index (χ1v) is 10.8. The van der Waals surface area contributed by atoms with Gasteiger partial charge in [-0.15, -0.1) is 0 Å². The number of aliphatic carboxylic acids is 1. The molecule has 1 amide bonds. The normalized spacial score (nSPS) is 11.9. The maximum absolute atomic E-state index is 12.6. The largest absolute Gasteiger partial charge is 0.481 e. The van der Waals surface area contributed by atoms with Crippen molar-refractivity contribution >= 4 is 18.3 Å². The van der Waals surface area contributed by atoms with Crippen LogP contribution in [0.3, 0.4) is 0 Å². The van der Waals surface area contributed by atoms with Crippen LogP contribution in [-0.2, 0) is 24.7 Å². The molecule has 170 valence electrons. The summed E-state index contributed by atoms with van der Waals surface area (Å²) in [5, 5.41) is 9.60. The molecule has 33 heavy (non-hydrogen) atoms. The van der Waals surface area contributed by atoms with Crippen LogP contribution in [0.2, 0.25) is 0 Å². The lowest BCUT2D eigenvalue weighted by Crippen LogP contribution is -2.48. The van der Waals surface area contributed by atoms with E-state index in [0.717, 1.165) is 23.1 Å². The maximum Gasteiger partial charge on any atom is 0.320 e. The molecule has 0 aliphatic heterocycles. The minimum absolute atomic E-state index is 0.0258. The van der Waals surface area contributed by atoms with Gasteiger partial charge in [-0.3, -0.25) is 14.4 Å².